The van der Waals surface area contributed by atoms with E-state index in [1.54, 1.807) is 0 Å². The van der Waals surface area contributed by atoms with Gasteiger partial charge in [0.25, 0.3) is 0 Å². The minimum Gasteiger partial charge on any atom is -0.392 e. The number of fused-ring (bicyclic) bond motifs is 1. The Morgan fingerprint density at radius 3 is 2.80 bits per heavy atom. The Balaban J connectivity index is 1.98. The third kappa shape index (κ3) is 2.49. The highest BCUT2D eigenvalue weighted by atomic mass is 16.5. The molecule has 2 aromatic rings. The Morgan fingerprint density at radius 1 is 1.30 bits per heavy atom. The maximum Gasteiger partial charge on any atom is 0.129 e. The Kier molecular flexibility index (Phi) is 3.85. The van der Waals surface area contributed by atoms with Crippen LogP contribution in [0.2, 0.25) is 0 Å². The number of pyridine rings is 1. The van der Waals surface area contributed by atoms with E-state index >= 15 is 0 Å². The number of hydrogen-bond donors (Lipinski definition) is 1. The zero-order valence-electron chi connectivity index (χ0n) is 11.7. The van der Waals surface area contributed by atoms with Crippen LogP contribution in [0, 0.1) is 0 Å². The number of hydrogen-bond acceptors (Lipinski definition) is 4. The number of aliphatic hydroxyl groups is 1. The number of ether oxygens (including phenoxy) is 1. The molecule has 1 N–H and O–H groups in total. The van der Waals surface area contributed by atoms with Crippen LogP contribution in [0.4, 0.5) is 5.82 Å². The number of para-hydroxylation sites is 1. The lowest BCUT2D eigenvalue weighted by molar-refractivity contribution is 0.0853. The van der Waals surface area contributed by atoms with Crippen LogP contribution in [0.1, 0.15) is 18.4 Å². The molecule has 1 aromatic heterocycles. The summed E-state index contributed by atoms with van der Waals surface area (Å²) in [6.45, 7) is 1.67. The standard InChI is InChI=1S/C16H20N2O2/c1-18(13-6-8-20-9-7-13)16-10-12(11-19)14-4-2-3-5-15(14)17-16/h2-5,10,13,19H,6-9,11H2,1H3. The van der Waals surface area contributed by atoms with Gasteiger partial charge in [-0.05, 0) is 30.5 Å². The molecule has 0 saturated carbocycles. The lowest BCUT2D eigenvalue weighted by atomic mass is 10.1. The molecule has 20 heavy (non-hydrogen) atoms. The molecule has 0 spiro atoms. The lowest BCUT2D eigenvalue weighted by Gasteiger charge is -2.32. The first kappa shape index (κ1) is 13.3. The monoisotopic (exact) mass is 272 g/mol. The smallest absolute Gasteiger partial charge is 0.129 e. The van der Waals surface area contributed by atoms with Crippen LogP contribution < -0.4 is 4.90 Å². The predicted molar refractivity (Wildman–Crippen MR) is 79.9 cm³/mol. The summed E-state index contributed by atoms with van der Waals surface area (Å²) in [6.07, 6.45) is 2.05. The average molecular weight is 272 g/mol. The van der Waals surface area contributed by atoms with Crippen molar-refractivity contribution in [2.24, 2.45) is 0 Å². The van der Waals surface area contributed by atoms with Gasteiger partial charge in [-0.1, -0.05) is 18.2 Å². The van der Waals surface area contributed by atoms with Crippen LogP contribution in [0.5, 0.6) is 0 Å². The molecule has 0 bridgehead atoms. The van der Waals surface area contributed by atoms with Crippen LogP contribution in [-0.2, 0) is 11.3 Å². The van der Waals surface area contributed by atoms with Gasteiger partial charge in [0.15, 0.2) is 0 Å². The molecular formula is C16H20N2O2. The first-order valence-electron chi connectivity index (χ1n) is 7.09. The molecule has 2 heterocycles. The summed E-state index contributed by atoms with van der Waals surface area (Å²) < 4.78 is 5.41. The predicted octanol–water partition coefficient (Wildman–Crippen LogP) is 2.34. The van der Waals surface area contributed by atoms with E-state index in [0.717, 1.165) is 48.3 Å². The van der Waals surface area contributed by atoms with E-state index in [9.17, 15) is 5.11 Å². The fourth-order valence-corrected chi connectivity index (χ4v) is 2.80. The van der Waals surface area contributed by atoms with Crippen LogP contribution in [0.25, 0.3) is 10.9 Å². The highest BCUT2D eigenvalue weighted by Gasteiger charge is 2.20. The second kappa shape index (κ2) is 5.77. The summed E-state index contributed by atoms with van der Waals surface area (Å²) in [4.78, 5) is 6.95. The molecular weight excluding hydrogens is 252 g/mol. The van der Waals surface area contributed by atoms with Crippen molar-refractivity contribution in [3.05, 3.63) is 35.9 Å². The second-order valence-electron chi connectivity index (χ2n) is 5.27. The van der Waals surface area contributed by atoms with E-state index < -0.39 is 0 Å². The fourth-order valence-electron chi connectivity index (χ4n) is 2.80. The van der Waals surface area contributed by atoms with E-state index in [0.29, 0.717) is 6.04 Å². The molecule has 0 aliphatic carbocycles. The van der Waals surface area contributed by atoms with Gasteiger partial charge < -0.3 is 14.7 Å². The summed E-state index contributed by atoms with van der Waals surface area (Å²) in [5.74, 6) is 0.930. The van der Waals surface area contributed by atoms with Gasteiger partial charge in [0.1, 0.15) is 5.82 Å². The highest BCUT2D eigenvalue weighted by Crippen LogP contribution is 2.25. The topological polar surface area (TPSA) is 45.6 Å². The molecule has 1 aliphatic heterocycles. The zero-order valence-corrected chi connectivity index (χ0v) is 11.7. The van der Waals surface area contributed by atoms with Gasteiger partial charge in [-0.2, -0.15) is 0 Å². The number of rotatable bonds is 3. The number of anilines is 1. The maximum atomic E-state index is 9.59. The molecule has 1 aromatic carbocycles. The van der Waals surface area contributed by atoms with Gasteiger partial charge in [-0.15, -0.1) is 0 Å². The summed E-state index contributed by atoms with van der Waals surface area (Å²) in [6, 6.07) is 10.4. The number of aromatic nitrogens is 1. The summed E-state index contributed by atoms with van der Waals surface area (Å²) in [5.41, 5.74) is 1.87. The third-order valence-corrected chi connectivity index (χ3v) is 4.06. The fraction of sp³-hybridized carbons (Fsp3) is 0.438. The molecule has 0 amide bonds. The Morgan fingerprint density at radius 2 is 2.05 bits per heavy atom. The van der Waals surface area contributed by atoms with Crippen molar-refractivity contribution in [2.75, 3.05) is 25.2 Å². The quantitative estimate of drug-likeness (QED) is 0.931. The van der Waals surface area contributed by atoms with Crippen LogP contribution in [-0.4, -0.2) is 36.4 Å². The van der Waals surface area contributed by atoms with Gasteiger partial charge in [-0.3, -0.25) is 0 Å². The van der Waals surface area contributed by atoms with Crippen molar-refractivity contribution < 1.29 is 9.84 Å². The van der Waals surface area contributed by atoms with E-state index in [1.807, 2.05) is 30.3 Å². The van der Waals surface area contributed by atoms with E-state index in [4.69, 9.17) is 9.72 Å². The Hall–Kier alpha value is -1.65. The number of nitrogens with zero attached hydrogens (tertiary/aromatic N) is 2. The molecule has 4 nitrogen and oxygen atoms in total. The third-order valence-electron chi connectivity index (χ3n) is 4.06. The molecule has 1 saturated heterocycles. The lowest BCUT2D eigenvalue weighted by Crippen LogP contribution is -2.37. The van der Waals surface area contributed by atoms with Crippen LogP contribution in [0.3, 0.4) is 0 Å². The highest BCUT2D eigenvalue weighted by molar-refractivity contribution is 5.84. The first-order valence-corrected chi connectivity index (χ1v) is 7.09. The minimum absolute atomic E-state index is 0.0393. The van der Waals surface area contributed by atoms with Crippen molar-refractivity contribution in [2.45, 2.75) is 25.5 Å². The second-order valence-corrected chi connectivity index (χ2v) is 5.27. The normalized spacial score (nSPS) is 16.5. The molecule has 0 unspecified atom stereocenters. The van der Waals surface area contributed by atoms with Gasteiger partial charge in [0, 0.05) is 31.7 Å². The summed E-state index contributed by atoms with van der Waals surface area (Å²) in [5, 5.41) is 10.6. The summed E-state index contributed by atoms with van der Waals surface area (Å²) >= 11 is 0. The zero-order chi connectivity index (χ0) is 13.9. The SMILES string of the molecule is CN(c1cc(CO)c2ccccc2n1)C1CCOCC1. The van der Waals surface area contributed by atoms with Crippen molar-refractivity contribution >= 4 is 16.7 Å². The molecule has 0 radical (unpaired) electrons. The van der Waals surface area contributed by atoms with Gasteiger partial charge in [0.2, 0.25) is 0 Å². The van der Waals surface area contributed by atoms with Crippen LogP contribution in [0.15, 0.2) is 30.3 Å². The van der Waals surface area contributed by atoms with Crippen molar-refractivity contribution in [1.29, 1.82) is 0 Å². The van der Waals surface area contributed by atoms with E-state index in [-0.39, 0.29) is 6.61 Å². The number of aliphatic hydroxyl groups excluding tert-OH is 1. The summed E-state index contributed by atoms with van der Waals surface area (Å²) in [7, 11) is 2.08. The largest absolute Gasteiger partial charge is 0.392 e. The Bertz CT molecular complexity index is 594. The number of benzene rings is 1. The molecule has 3 rings (SSSR count). The van der Waals surface area contributed by atoms with Crippen molar-refractivity contribution in [1.82, 2.24) is 4.98 Å². The van der Waals surface area contributed by atoms with E-state index in [2.05, 4.69) is 11.9 Å². The average Bonchev–Trinajstić information content (AvgIpc) is 2.54. The minimum atomic E-state index is 0.0393. The van der Waals surface area contributed by atoms with Crippen molar-refractivity contribution in [3.8, 4) is 0 Å². The van der Waals surface area contributed by atoms with Crippen molar-refractivity contribution in [3.63, 3.8) is 0 Å². The molecule has 4 heteroatoms. The van der Waals surface area contributed by atoms with Gasteiger partial charge in [0.05, 0.1) is 12.1 Å². The molecule has 1 aliphatic rings. The van der Waals surface area contributed by atoms with Crippen LogP contribution >= 0.6 is 0 Å². The first-order chi connectivity index (χ1) is 9.79. The molecule has 1 fully saturated rings. The van der Waals surface area contributed by atoms with E-state index in [1.165, 1.54) is 0 Å². The molecule has 0 atom stereocenters. The molecule has 106 valence electrons. The van der Waals surface area contributed by atoms with Gasteiger partial charge in [-0.25, -0.2) is 4.98 Å². The Labute approximate surface area is 119 Å². The van der Waals surface area contributed by atoms with Gasteiger partial charge >= 0.3 is 0 Å². The maximum absolute atomic E-state index is 9.59.